The summed E-state index contributed by atoms with van der Waals surface area (Å²) in [4.78, 5) is 6.28. The second-order valence-corrected chi connectivity index (χ2v) is 25.1. The van der Waals surface area contributed by atoms with Crippen molar-refractivity contribution in [2.24, 2.45) is 0 Å². The molecule has 0 unspecified atom stereocenters. The van der Waals surface area contributed by atoms with Crippen LogP contribution in [0.15, 0.2) is 258 Å². The van der Waals surface area contributed by atoms with Gasteiger partial charge in [0.15, 0.2) is 29.4 Å². The number of benzene rings is 8. The fourth-order valence-corrected chi connectivity index (χ4v) is 12.3. The van der Waals surface area contributed by atoms with E-state index in [-0.39, 0.29) is 32.6 Å². The second-order valence-electron chi connectivity index (χ2n) is 18.3. The highest BCUT2D eigenvalue weighted by Gasteiger charge is 2.35. The van der Waals surface area contributed by atoms with Gasteiger partial charge in [0.25, 0.3) is 0 Å². The molecule has 0 amide bonds. The van der Waals surface area contributed by atoms with Crippen LogP contribution in [0.1, 0.15) is 63.8 Å². The van der Waals surface area contributed by atoms with Gasteiger partial charge in [0.1, 0.15) is 20.2 Å². The van der Waals surface area contributed by atoms with Gasteiger partial charge in [-0.15, -0.1) is 0 Å². The molecule has 0 bridgehead atoms. The molecule has 0 fully saturated rings. The quantitative estimate of drug-likeness (QED) is 0.0850. The minimum atomic E-state index is -5.09. The van der Waals surface area contributed by atoms with Crippen LogP contribution in [0.3, 0.4) is 0 Å². The fraction of sp³-hybridized carbons (Fsp3) is 0.172. The molecule has 6 nitrogen and oxygen atoms in total. The van der Waals surface area contributed by atoms with Crippen molar-refractivity contribution in [2.45, 2.75) is 104 Å². The lowest BCUT2D eigenvalue weighted by molar-refractivity contribution is -0.140. The molecule has 16 heteroatoms. The molecule has 0 atom stereocenters. The maximum absolute atomic E-state index is 12.2. The first-order chi connectivity index (χ1) is 34.5. The smallest absolute Gasteiger partial charge is 0.417 e. The van der Waals surface area contributed by atoms with Gasteiger partial charge in [0, 0.05) is 0 Å². The standard InChI is InChI=1S/2C22H23S.2C7H5F3O3S/c2*1-22(2,3)18-14-16-21(17-15-18)23(19-10-6-4-7-11-19)20-12-8-5-9-13-20;8-7(9,10)5-1-3-6(4-2-5)14(11,12)13;8-7(9,10)5-3-1-2-4-6(5)14(11,12)13/h2*4-17H,1-3H3;2*1-4H,(H,11,12,13)/q2*+1;;/p-2. The number of alkyl halides is 6. The van der Waals surface area contributed by atoms with E-state index >= 15 is 0 Å². The van der Waals surface area contributed by atoms with Gasteiger partial charge in [-0.25, -0.2) is 16.8 Å². The minimum absolute atomic E-state index is 0.0497. The molecule has 0 radical (unpaired) electrons. The average Bonchev–Trinajstić information content (AvgIpc) is 3.35. The first-order valence-corrected chi connectivity index (χ1v) is 28.0. The Morgan fingerprint density at radius 1 is 0.324 bits per heavy atom. The zero-order valence-corrected chi connectivity index (χ0v) is 44.4. The van der Waals surface area contributed by atoms with E-state index in [0.29, 0.717) is 36.4 Å². The third-order valence-electron chi connectivity index (χ3n) is 10.8. The van der Waals surface area contributed by atoms with Crippen molar-refractivity contribution in [3.05, 3.63) is 241 Å². The summed E-state index contributed by atoms with van der Waals surface area (Å²) in [6, 6.07) is 67.1. The zero-order valence-electron chi connectivity index (χ0n) is 41.1. The van der Waals surface area contributed by atoms with Gasteiger partial charge in [-0.3, -0.25) is 0 Å². The summed E-state index contributed by atoms with van der Waals surface area (Å²) in [6.07, 6.45) is -9.38. The average molecular weight is 1090 g/mol. The summed E-state index contributed by atoms with van der Waals surface area (Å²) in [7, 11) is -9.87. The van der Waals surface area contributed by atoms with Crippen molar-refractivity contribution in [2.75, 3.05) is 0 Å². The van der Waals surface area contributed by atoms with Crippen LogP contribution in [0.5, 0.6) is 0 Å². The van der Waals surface area contributed by atoms with Crippen LogP contribution < -0.4 is 0 Å². The van der Waals surface area contributed by atoms with Crippen LogP contribution in [0.2, 0.25) is 0 Å². The van der Waals surface area contributed by atoms with E-state index in [1.54, 1.807) is 0 Å². The summed E-state index contributed by atoms with van der Waals surface area (Å²) >= 11 is 0. The summed E-state index contributed by atoms with van der Waals surface area (Å²) in [6.45, 7) is 13.6. The molecule has 0 aliphatic heterocycles. The summed E-state index contributed by atoms with van der Waals surface area (Å²) in [5.41, 5.74) is 0.713. The normalized spacial score (nSPS) is 12.1. The molecule has 0 saturated carbocycles. The van der Waals surface area contributed by atoms with Gasteiger partial charge in [0.2, 0.25) is 0 Å². The molecule has 8 aromatic rings. The highest BCUT2D eigenvalue weighted by Crippen LogP contribution is 2.36. The SMILES string of the molecule is CC(C)(C)c1ccc([S+](c2ccccc2)c2ccccc2)cc1.CC(C)(C)c1ccc([S+](c2ccccc2)c2ccccc2)cc1.O=S(=O)([O-])c1ccc(C(F)(F)F)cc1.O=S(=O)([O-])c1ccccc1C(F)(F)F. The van der Waals surface area contributed by atoms with E-state index < -0.39 is 53.5 Å². The Morgan fingerprint density at radius 2 is 0.595 bits per heavy atom. The predicted molar refractivity (Wildman–Crippen MR) is 279 cm³/mol. The van der Waals surface area contributed by atoms with Gasteiger partial charge in [-0.05, 0) is 131 Å². The van der Waals surface area contributed by atoms with E-state index in [0.717, 1.165) is 12.1 Å². The van der Waals surface area contributed by atoms with Crippen LogP contribution in [0.4, 0.5) is 26.3 Å². The van der Waals surface area contributed by atoms with Gasteiger partial charge in [-0.2, -0.15) is 26.3 Å². The second kappa shape index (κ2) is 24.9. The van der Waals surface area contributed by atoms with E-state index in [1.807, 2.05) is 0 Å². The molecule has 0 heterocycles. The molecule has 8 rings (SSSR count). The summed E-state index contributed by atoms with van der Waals surface area (Å²) in [5, 5.41) is 0. The van der Waals surface area contributed by atoms with Crippen molar-refractivity contribution < 1.29 is 52.3 Å². The zero-order chi connectivity index (χ0) is 54.5. The molecule has 0 spiro atoms. The van der Waals surface area contributed by atoms with Crippen LogP contribution in [-0.2, 0) is 65.2 Å². The van der Waals surface area contributed by atoms with Crippen LogP contribution >= 0.6 is 0 Å². The number of rotatable bonds is 8. The Hall–Kier alpha value is -6.14. The Balaban J connectivity index is 0.000000188. The molecule has 8 aromatic carbocycles. The minimum Gasteiger partial charge on any atom is -0.744 e. The summed E-state index contributed by atoms with van der Waals surface area (Å²) < 4.78 is 135. The maximum Gasteiger partial charge on any atom is 0.417 e. The van der Waals surface area contributed by atoms with E-state index in [2.05, 4.69) is 211 Å². The van der Waals surface area contributed by atoms with Crippen molar-refractivity contribution in [1.29, 1.82) is 0 Å². The number of hydrogen-bond donors (Lipinski definition) is 0. The molecule has 388 valence electrons. The maximum atomic E-state index is 12.2. The van der Waals surface area contributed by atoms with Gasteiger partial charge >= 0.3 is 12.4 Å². The van der Waals surface area contributed by atoms with Crippen molar-refractivity contribution in [3.63, 3.8) is 0 Å². The highest BCUT2D eigenvalue weighted by molar-refractivity contribution is 7.97. The van der Waals surface area contributed by atoms with Crippen LogP contribution in [-0.4, -0.2) is 25.9 Å². The number of hydrogen-bond acceptors (Lipinski definition) is 6. The molecule has 74 heavy (non-hydrogen) atoms. The molecule has 0 aliphatic rings. The van der Waals surface area contributed by atoms with Crippen molar-refractivity contribution in [1.82, 2.24) is 0 Å². The van der Waals surface area contributed by atoms with Gasteiger partial charge in [0.05, 0.1) is 42.7 Å². The van der Waals surface area contributed by atoms with E-state index in [1.165, 1.54) is 40.5 Å². The van der Waals surface area contributed by atoms with Gasteiger partial charge < -0.3 is 9.11 Å². The predicted octanol–water partition coefficient (Wildman–Crippen LogP) is 15.4. The third kappa shape index (κ3) is 17.2. The van der Waals surface area contributed by atoms with Crippen molar-refractivity contribution >= 4 is 42.0 Å². The summed E-state index contributed by atoms with van der Waals surface area (Å²) in [5.74, 6) is 0. The Bertz CT molecular complexity index is 3010. The lowest BCUT2D eigenvalue weighted by atomic mass is 9.87. The van der Waals surface area contributed by atoms with E-state index in [9.17, 15) is 52.3 Å². The van der Waals surface area contributed by atoms with Crippen LogP contribution in [0.25, 0.3) is 0 Å². The molecule has 0 aliphatic carbocycles. The molecular weight excluding hydrogens is 1030 g/mol. The number of halogens is 6. The Morgan fingerprint density at radius 3 is 0.838 bits per heavy atom. The topological polar surface area (TPSA) is 114 Å². The fourth-order valence-electron chi connectivity index (χ4n) is 6.95. The molecular formula is C58H54F6O6S4. The highest BCUT2D eigenvalue weighted by atomic mass is 32.2. The lowest BCUT2D eigenvalue weighted by Gasteiger charge is -2.19. The van der Waals surface area contributed by atoms with Gasteiger partial charge in [-0.1, -0.05) is 151 Å². The lowest BCUT2D eigenvalue weighted by Crippen LogP contribution is -2.12. The Kier molecular flexibility index (Phi) is 19.8. The first-order valence-electron chi connectivity index (χ1n) is 22.7. The van der Waals surface area contributed by atoms with E-state index in [4.69, 9.17) is 0 Å². The molecule has 0 saturated heterocycles. The monoisotopic (exact) mass is 1090 g/mol. The largest absolute Gasteiger partial charge is 0.744 e. The Labute approximate surface area is 436 Å². The molecule has 0 aromatic heterocycles. The van der Waals surface area contributed by atoms with Crippen molar-refractivity contribution in [3.8, 4) is 0 Å². The van der Waals surface area contributed by atoms with Crippen LogP contribution in [0, 0.1) is 0 Å². The first kappa shape index (κ1) is 58.7. The third-order valence-corrected chi connectivity index (χ3v) is 17.0. The molecule has 0 N–H and O–H groups in total.